The Bertz CT molecular complexity index is 293. The Labute approximate surface area is 97.6 Å². The molecule has 0 saturated heterocycles. The van der Waals surface area contributed by atoms with Gasteiger partial charge in [0.1, 0.15) is 5.75 Å². The zero-order chi connectivity index (χ0) is 12.0. The van der Waals surface area contributed by atoms with Gasteiger partial charge in [-0.05, 0) is 31.0 Å². The first-order chi connectivity index (χ1) is 7.72. The molecule has 2 N–H and O–H groups in total. The van der Waals surface area contributed by atoms with Crippen LogP contribution in [0.5, 0.6) is 5.75 Å². The average Bonchev–Trinajstić information content (AvgIpc) is 2.32. The Morgan fingerprint density at radius 1 is 1.19 bits per heavy atom. The van der Waals surface area contributed by atoms with Gasteiger partial charge in [-0.3, -0.25) is 0 Å². The van der Waals surface area contributed by atoms with E-state index in [1.807, 2.05) is 31.2 Å². The molecule has 0 saturated carbocycles. The summed E-state index contributed by atoms with van der Waals surface area (Å²) in [7, 11) is 1.70. The van der Waals surface area contributed by atoms with Gasteiger partial charge in [-0.1, -0.05) is 19.1 Å². The summed E-state index contributed by atoms with van der Waals surface area (Å²) in [5.74, 6) is 0.879. The Morgan fingerprint density at radius 2 is 1.81 bits per heavy atom. The van der Waals surface area contributed by atoms with E-state index in [1.165, 1.54) is 0 Å². The first-order valence-corrected chi connectivity index (χ1v) is 5.74. The van der Waals surface area contributed by atoms with Gasteiger partial charge in [0.25, 0.3) is 0 Å². The number of benzene rings is 1. The summed E-state index contributed by atoms with van der Waals surface area (Å²) in [5, 5.41) is 0. The van der Waals surface area contributed by atoms with Crippen LogP contribution in [0.4, 0.5) is 0 Å². The van der Waals surface area contributed by atoms with Gasteiger partial charge in [-0.15, -0.1) is 0 Å². The van der Waals surface area contributed by atoms with Crippen LogP contribution in [0.25, 0.3) is 0 Å². The summed E-state index contributed by atoms with van der Waals surface area (Å²) in [5.41, 5.74) is 7.20. The highest BCUT2D eigenvalue weighted by Crippen LogP contribution is 2.21. The predicted molar refractivity (Wildman–Crippen MR) is 65.6 cm³/mol. The third-order valence-corrected chi connectivity index (χ3v) is 2.68. The predicted octanol–water partition coefficient (Wildman–Crippen LogP) is 2.51. The second-order valence-corrected chi connectivity index (χ2v) is 3.71. The minimum atomic E-state index is -0.0781. The SMILES string of the molecule is CCOc1ccc(C(N)C(CC)OC)cc1. The van der Waals surface area contributed by atoms with E-state index in [0.29, 0.717) is 6.61 Å². The molecule has 0 fully saturated rings. The van der Waals surface area contributed by atoms with Crippen LogP contribution < -0.4 is 10.5 Å². The molecule has 0 spiro atoms. The second kappa shape index (κ2) is 6.51. The Morgan fingerprint density at radius 3 is 2.25 bits per heavy atom. The van der Waals surface area contributed by atoms with Crippen LogP contribution in [-0.2, 0) is 4.74 Å². The van der Waals surface area contributed by atoms with Crippen molar-refractivity contribution in [3.05, 3.63) is 29.8 Å². The Hall–Kier alpha value is -1.06. The van der Waals surface area contributed by atoms with Crippen molar-refractivity contribution in [3.8, 4) is 5.75 Å². The normalized spacial score (nSPS) is 14.5. The zero-order valence-corrected chi connectivity index (χ0v) is 10.3. The molecule has 0 aliphatic heterocycles. The highest BCUT2D eigenvalue weighted by molar-refractivity contribution is 5.29. The highest BCUT2D eigenvalue weighted by atomic mass is 16.5. The number of nitrogens with two attached hydrogens (primary N) is 1. The number of hydrogen-bond acceptors (Lipinski definition) is 3. The maximum atomic E-state index is 6.12. The lowest BCUT2D eigenvalue weighted by Gasteiger charge is -2.21. The van der Waals surface area contributed by atoms with Crippen molar-refractivity contribution in [2.75, 3.05) is 13.7 Å². The quantitative estimate of drug-likeness (QED) is 0.806. The molecule has 0 radical (unpaired) electrons. The maximum absolute atomic E-state index is 6.12. The van der Waals surface area contributed by atoms with Crippen molar-refractivity contribution in [3.63, 3.8) is 0 Å². The lowest BCUT2D eigenvalue weighted by molar-refractivity contribution is 0.0772. The van der Waals surface area contributed by atoms with Crippen molar-refractivity contribution in [1.82, 2.24) is 0 Å². The second-order valence-electron chi connectivity index (χ2n) is 3.71. The minimum absolute atomic E-state index is 0.0675. The molecule has 16 heavy (non-hydrogen) atoms. The van der Waals surface area contributed by atoms with E-state index >= 15 is 0 Å². The van der Waals surface area contributed by atoms with Gasteiger partial charge >= 0.3 is 0 Å². The smallest absolute Gasteiger partial charge is 0.119 e. The van der Waals surface area contributed by atoms with Gasteiger partial charge in [0.05, 0.1) is 18.8 Å². The van der Waals surface area contributed by atoms with Crippen molar-refractivity contribution < 1.29 is 9.47 Å². The van der Waals surface area contributed by atoms with Crippen molar-refractivity contribution in [2.24, 2.45) is 5.73 Å². The fourth-order valence-corrected chi connectivity index (χ4v) is 1.73. The maximum Gasteiger partial charge on any atom is 0.119 e. The van der Waals surface area contributed by atoms with Gasteiger partial charge in [0.15, 0.2) is 0 Å². The number of rotatable bonds is 6. The standard InChI is InChI=1S/C13H21NO2/c1-4-12(15-3)13(14)10-6-8-11(9-7-10)16-5-2/h6-9,12-13H,4-5,14H2,1-3H3. The molecule has 3 nitrogen and oxygen atoms in total. The van der Waals surface area contributed by atoms with E-state index in [-0.39, 0.29) is 12.1 Å². The van der Waals surface area contributed by atoms with Gasteiger partial charge < -0.3 is 15.2 Å². The topological polar surface area (TPSA) is 44.5 Å². The van der Waals surface area contributed by atoms with E-state index in [0.717, 1.165) is 17.7 Å². The number of hydrogen-bond donors (Lipinski definition) is 1. The lowest BCUT2D eigenvalue weighted by Crippen LogP contribution is -2.27. The highest BCUT2D eigenvalue weighted by Gasteiger charge is 2.16. The largest absolute Gasteiger partial charge is 0.494 e. The first-order valence-electron chi connectivity index (χ1n) is 5.74. The van der Waals surface area contributed by atoms with Gasteiger partial charge in [-0.2, -0.15) is 0 Å². The van der Waals surface area contributed by atoms with Crippen molar-refractivity contribution >= 4 is 0 Å². The molecule has 0 amide bonds. The van der Waals surface area contributed by atoms with Crippen LogP contribution in [-0.4, -0.2) is 19.8 Å². The summed E-state index contributed by atoms with van der Waals surface area (Å²) in [4.78, 5) is 0. The molecule has 0 aliphatic rings. The molecule has 3 heteroatoms. The van der Waals surface area contributed by atoms with Crippen molar-refractivity contribution in [2.45, 2.75) is 32.4 Å². The number of methoxy groups -OCH3 is 1. The molecule has 1 rings (SSSR count). The molecule has 1 aromatic carbocycles. The minimum Gasteiger partial charge on any atom is -0.494 e. The Kier molecular flexibility index (Phi) is 5.29. The monoisotopic (exact) mass is 223 g/mol. The average molecular weight is 223 g/mol. The van der Waals surface area contributed by atoms with E-state index < -0.39 is 0 Å². The van der Waals surface area contributed by atoms with Crippen LogP contribution in [0, 0.1) is 0 Å². The molecule has 0 heterocycles. The van der Waals surface area contributed by atoms with Gasteiger partial charge in [0, 0.05) is 7.11 Å². The summed E-state index contributed by atoms with van der Waals surface area (Å²) in [6.45, 7) is 4.72. The summed E-state index contributed by atoms with van der Waals surface area (Å²) in [6.07, 6.45) is 0.975. The van der Waals surface area contributed by atoms with Crippen LogP contribution >= 0.6 is 0 Å². The molecular weight excluding hydrogens is 202 g/mol. The Balaban J connectivity index is 2.72. The molecule has 0 aliphatic carbocycles. The molecular formula is C13H21NO2. The summed E-state index contributed by atoms with van der Waals surface area (Å²) < 4.78 is 10.7. The van der Waals surface area contributed by atoms with Crippen LogP contribution in [0.1, 0.15) is 31.9 Å². The molecule has 2 unspecified atom stereocenters. The summed E-state index contributed by atoms with van der Waals surface area (Å²) in [6, 6.07) is 7.81. The van der Waals surface area contributed by atoms with Crippen molar-refractivity contribution in [1.29, 1.82) is 0 Å². The fraction of sp³-hybridized carbons (Fsp3) is 0.538. The van der Waals surface area contributed by atoms with Crippen LogP contribution in [0.2, 0.25) is 0 Å². The van der Waals surface area contributed by atoms with E-state index in [1.54, 1.807) is 7.11 Å². The zero-order valence-electron chi connectivity index (χ0n) is 10.3. The van der Waals surface area contributed by atoms with Crippen LogP contribution in [0.15, 0.2) is 24.3 Å². The summed E-state index contributed by atoms with van der Waals surface area (Å²) >= 11 is 0. The lowest BCUT2D eigenvalue weighted by atomic mass is 10.0. The third kappa shape index (κ3) is 3.22. The van der Waals surface area contributed by atoms with Crippen LogP contribution in [0.3, 0.4) is 0 Å². The molecule has 1 aromatic rings. The fourth-order valence-electron chi connectivity index (χ4n) is 1.73. The molecule has 2 atom stereocenters. The van der Waals surface area contributed by atoms with Gasteiger partial charge in [0.2, 0.25) is 0 Å². The first kappa shape index (κ1) is 13.0. The molecule has 0 aromatic heterocycles. The third-order valence-electron chi connectivity index (χ3n) is 2.68. The molecule has 90 valence electrons. The van der Waals surface area contributed by atoms with E-state index in [4.69, 9.17) is 15.2 Å². The molecule has 0 bridgehead atoms. The van der Waals surface area contributed by atoms with Gasteiger partial charge in [-0.25, -0.2) is 0 Å². The van der Waals surface area contributed by atoms with E-state index in [2.05, 4.69) is 6.92 Å². The number of ether oxygens (including phenoxy) is 2. The van der Waals surface area contributed by atoms with E-state index in [9.17, 15) is 0 Å².